The summed E-state index contributed by atoms with van der Waals surface area (Å²) in [5.74, 6) is -0.821. The molecule has 0 saturated carbocycles. The summed E-state index contributed by atoms with van der Waals surface area (Å²) in [5, 5.41) is 3.76. The van der Waals surface area contributed by atoms with Gasteiger partial charge in [0.1, 0.15) is 18.3 Å². The Balaban J connectivity index is 2.11. The highest BCUT2D eigenvalue weighted by Gasteiger charge is 2.34. The van der Waals surface area contributed by atoms with Gasteiger partial charge >= 0.3 is 0 Å². The van der Waals surface area contributed by atoms with E-state index in [2.05, 4.69) is 5.32 Å². The summed E-state index contributed by atoms with van der Waals surface area (Å²) in [6.07, 6.45) is 0.691. The Kier molecular flexibility index (Phi) is 11.5. The van der Waals surface area contributed by atoms with Crippen molar-refractivity contribution in [2.45, 2.75) is 57.6 Å². The first-order valence-corrected chi connectivity index (χ1v) is 15.8. The number of nitrogens with one attached hydrogen (secondary N) is 1. The topological polar surface area (TPSA) is 96.0 Å². The molecule has 8 nitrogen and oxygen atoms in total. The van der Waals surface area contributed by atoms with Crippen LogP contribution in [0.15, 0.2) is 65.6 Å². The highest BCUT2D eigenvalue weighted by Crippen LogP contribution is 2.35. The van der Waals surface area contributed by atoms with Crippen LogP contribution in [0.4, 0.5) is 5.69 Å². The van der Waals surface area contributed by atoms with Crippen molar-refractivity contribution in [3.05, 3.63) is 86.9 Å². The normalized spacial score (nSPS) is 12.8. The molecule has 0 unspecified atom stereocenters. The number of ether oxygens (including phenoxy) is 1. The molecule has 0 aromatic heterocycles. The molecule has 0 aliphatic heterocycles. The fraction of sp³-hybridized carbons (Fsp3) is 0.333. The van der Waals surface area contributed by atoms with Crippen LogP contribution in [0.2, 0.25) is 15.1 Å². The molecular weight excluding hydrogens is 621 g/mol. The Morgan fingerprint density at radius 3 is 2.21 bits per heavy atom. The van der Waals surface area contributed by atoms with Crippen molar-refractivity contribution in [3.63, 3.8) is 0 Å². The zero-order valence-electron chi connectivity index (χ0n) is 24.0. The van der Waals surface area contributed by atoms with Crippen LogP contribution < -0.4 is 14.4 Å². The number of halogens is 3. The number of amides is 2. The van der Waals surface area contributed by atoms with Crippen molar-refractivity contribution in [2.75, 3.05) is 18.0 Å². The number of nitrogens with zero attached hydrogens (tertiary/aromatic N) is 2. The molecular formula is C30H34Cl3N3O5S. The minimum atomic E-state index is -4.29. The first-order chi connectivity index (χ1) is 19.8. The average Bonchev–Trinajstić information content (AvgIpc) is 2.95. The third-order valence-electron chi connectivity index (χ3n) is 6.80. The van der Waals surface area contributed by atoms with E-state index < -0.39 is 28.5 Å². The second-order valence-corrected chi connectivity index (χ2v) is 13.0. The van der Waals surface area contributed by atoms with Crippen molar-refractivity contribution < 1.29 is 22.7 Å². The van der Waals surface area contributed by atoms with Crippen molar-refractivity contribution in [1.82, 2.24) is 10.2 Å². The van der Waals surface area contributed by atoms with Gasteiger partial charge in [0.25, 0.3) is 10.0 Å². The number of hydrogen-bond donors (Lipinski definition) is 1. The number of carbonyl (C=O) groups is 2. The standard InChI is InChI=1S/C30H34Cl3N3O5S/c1-6-20(3)34-30(38)21(4)35(17-22-9-13-25(32)26(33)15-22)29(37)18-36(27-16-23(31)10-14-28(27)41-5)42(39,40)24-11-7-19(2)8-12-24/h7-16,20-21H,6,17-18H2,1-5H3,(H,34,38)/t20-,21-/m1/s1. The van der Waals surface area contributed by atoms with E-state index in [1.165, 1.54) is 36.3 Å². The van der Waals surface area contributed by atoms with Crippen LogP contribution in [0, 0.1) is 6.92 Å². The Morgan fingerprint density at radius 2 is 1.62 bits per heavy atom. The van der Waals surface area contributed by atoms with Crippen LogP contribution in [-0.4, -0.2) is 50.9 Å². The monoisotopic (exact) mass is 653 g/mol. The zero-order chi connectivity index (χ0) is 31.2. The number of aryl methyl sites for hydroxylation is 1. The molecule has 1 N–H and O–H groups in total. The predicted molar refractivity (Wildman–Crippen MR) is 168 cm³/mol. The van der Waals surface area contributed by atoms with E-state index >= 15 is 0 Å². The van der Waals surface area contributed by atoms with Gasteiger partial charge in [-0.15, -0.1) is 0 Å². The largest absolute Gasteiger partial charge is 0.495 e. The van der Waals surface area contributed by atoms with Crippen molar-refractivity contribution in [2.24, 2.45) is 0 Å². The van der Waals surface area contributed by atoms with E-state index in [9.17, 15) is 18.0 Å². The van der Waals surface area contributed by atoms with Gasteiger partial charge in [-0.25, -0.2) is 8.42 Å². The minimum Gasteiger partial charge on any atom is -0.495 e. The van der Waals surface area contributed by atoms with Gasteiger partial charge in [-0.1, -0.05) is 65.5 Å². The molecule has 2 atom stereocenters. The van der Waals surface area contributed by atoms with Crippen LogP contribution in [0.1, 0.15) is 38.3 Å². The van der Waals surface area contributed by atoms with Crippen LogP contribution in [-0.2, 0) is 26.2 Å². The molecule has 3 aromatic rings. The van der Waals surface area contributed by atoms with Gasteiger partial charge in [0.15, 0.2) is 0 Å². The van der Waals surface area contributed by atoms with Gasteiger partial charge in [-0.05, 0) is 75.2 Å². The highest BCUT2D eigenvalue weighted by atomic mass is 35.5. The van der Waals surface area contributed by atoms with Gasteiger partial charge in [0, 0.05) is 17.6 Å². The molecule has 2 amide bonds. The maximum atomic E-state index is 14.1. The molecule has 0 saturated heterocycles. The van der Waals surface area contributed by atoms with E-state index in [0.717, 1.165) is 9.87 Å². The fourth-order valence-electron chi connectivity index (χ4n) is 4.09. The number of benzene rings is 3. The lowest BCUT2D eigenvalue weighted by Crippen LogP contribution is -2.52. The third kappa shape index (κ3) is 8.10. The number of rotatable bonds is 12. The Labute approximate surface area is 262 Å². The molecule has 0 bridgehead atoms. The minimum absolute atomic E-state index is 0.0264. The molecule has 0 aliphatic rings. The van der Waals surface area contributed by atoms with Gasteiger partial charge in [-0.2, -0.15) is 0 Å². The van der Waals surface area contributed by atoms with Gasteiger partial charge in [0.2, 0.25) is 11.8 Å². The van der Waals surface area contributed by atoms with E-state index in [1.54, 1.807) is 43.3 Å². The number of sulfonamides is 1. The van der Waals surface area contributed by atoms with Crippen molar-refractivity contribution in [3.8, 4) is 5.75 Å². The Bertz CT molecular complexity index is 1530. The van der Waals surface area contributed by atoms with Crippen LogP contribution >= 0.6 is 34.8 Å². The van der Waals surface area contributed by atoms with E-state index in [-0.39, 0.29) is 44.9 Å². The summed E-state index contributed by atoms with van der Waals surface area (Å²) in [6, 6.07) is 14.6. The lowest BCUT2D eigenvalue weighted by Gasteiger charge is -2.33. The number of anilines is 1. The SMILES string of the molecule is CC[C@@H](C)NC(=O)[C@@H](C)N(Cc1ccc(Cl)c(Cl)c1)C(=O)CN(c1cc(Cl)ccc1OC)S(=O)(=O)c1ccc(C)cc1. The Morgan fingerprint density at radius 1 is 0.952 bits per heavy atom. The van der Waals surface area contributed by atoms with E-state index in [0.29, 0.717) is 17.0 Å². The smallest absolute Gasteiger partial charge is 0.264 e. The van der Waals surface area contributed by atoms with Crippen molar-refractivity contribution >= 4 is 62.3 Å². The highest BCUT2D eigenvalue weighted by molar-refractivity contribution is 7.92. The van der Waals surface area contributed by atoms with Gasteiger partial charge in [0.05, 0.1) is 27.7 Å². The summed E-state index contributed by atoms with van der Waals surface area (Å²) in [4.78, 5) is 28.6. The zero-order valence-corrected chi connectivity index (χ0v) is 27.1. The second kappa shape index (κ2) is 14.5. The van der Waals surface area contributed by atoms with Crippen molar-refractivity contribution in [1.29, 1.82) is 0 Å². The maximum absolute atomic E-state index is 14.1. The molecule has 0 heterocycles. The summed E-state index contributed by atoms with van der Waals surface area (Å²) in [7, 11) is -2.90. The molecule has 0 fully saturated rings. The summed E-state index contributed by atoms with van der Waals surface area (Å²) in [6.45, 7) is 6.54. The molecule has 42 heavy (non-hydrogen) atoms. The molecule has 3 aromatic carbocycles. The fourth-order valence-corrected chi connectivity index (χ4v) is 6.00. The third-order valence-corrected chi connectivity index (χ3v) is 9.55. The summed E-state index contributed by atoms with van der Waals surface area (Å²) >= 11 is 18.6. The van der Waals surface area contributed by atoms with Crippen LogP contribution in [0.3, 0.4) is 0 Å². The van der Waals surface area contributed by atoms with Crippen LogP contribution in [0.25, 0.3) is 0 Å². The average molecular weight is 655 g/mol. The summed E-state index contributed by atoms with van der Waals surface area (Å²) in [5.41, 5.74) is 1.55. The number of hydrogen-bond acceptors (Lipinski definition) is 5. The molecule has 0 aliphatic carbocycles. The molecule has 0 spiro atoms. The molecule has 0 radical (unpaired) electrons. The van der Waals surface area contributed by atoms with Gasteiger partial charge < -0.3 is 15.0 Å². The summed E-state index contributed by atoms with van der Waals surface area (Å²) < 4.78 is 34.5. The first-order valence-electron chi connectivity index (χ1n) is 13.2. The van der Waals surface area contributed by atoms with Crippen LogP contribution in [0.5, 0.6) is 5.75 Å². The van der Waals surface area contributed by atoms with E-state index in [1.807, 2.05) is 20.8 Å². The number of carbonyl (C=O) groups excluding carboxylic acids is 2. The quantitative estimate of drug-likeness (QED) is 0.241. The second-order valence-electron chi connectivity index (χ2n) is 9.90. The molecule has 226 valence electrons. The predicted octanol–water partition coefficient (Wildman–Crippen LogP) is 6.49. The Hall–Kier alpha value is -2.98. The number of methoxy groups -OCH3 is 1. The maximum Gasteiger partial charge on any atom is 0.264 e. The van der Waals surface area contributed by atoms with E-state index in [4.69, 9.17) is 39.5 Å². The van der Waals surface area contributed by atoms with Gasteiger partial charge in [-0.3, -0.25) is 13.9 Å². The lowest BCUT2D eigenvalue weighted by atomic mass is 10.1. The molecule has 3 rings (SSSR count). The first kappa shape index (κ1) is 33.5. The molecule has 12 heteroatoms. The lowest BCUT2D eigenvalue weighted by molar-refractivity contribution is -0.139.